The van der Waals surface area contributed by atoms with E-state index in [1.807, 2.05) is 13.8 Å². The molecule has 1 aromatic carbocycles. The van der Waals surface area contributed by atoms with Crippen LogP contribution in [0.3, 0.4) is 0 Å². The molecule has 0 bridgehead atoms. The SMILES string of the molecule is CCN(CC)S(=O)(=O)c1ccc(CN)cc1. The quantitative estimate of drug-likeness (QED) is 0.843. The van der Waals surface area contributed by atoms with Crippen molar-refractivity contribution >= 4 is 10.0 Å². The first-order chi connectivity index (χ1) is 7.56. The molecule has 0 unspecified atom stereocenters. The summed E-state index contributed by atoms with van der Waals surface area (Å²) in [6.45, 7) is 5.05. The zero-order valence-electron chi connectivity index (χ0n) is 9.68. The van der Waals surface area contributed by atoms with Crippen molar-refractivity contribution in [2.45, 2.75) is 25.3 Å². The second kappa shape index (κ2) is 5.43. The van der Waals surface area contributed by atoms with Gasteiger partial charge in [0.2, 0.25) is 10.0 Å². The average molecular weight is 242 g/mol. The standard InChI is InChI=1S/C11H18N2O2S/c1-3-13(4-2)16(14,15)11-7-5-10(9-12)6-8-11/h5-8H,3-4,9,12H2,1-2H3. The maximum Gasteiger partial charge on any atom is 0.243 e. The first kappa shape index (κ1) is 13.2. The van der Waals surface area contributed by atoms with Gasteiger partial charge in [-0.05, 0) is 17.7 Å². The summed E-state index contributed by atoms with van der Waals surface area (Å²) in [5.74, 6) is 0. The van der Waals surface area contributed by atoms with Crippen LogP contribution in [0.4, 0.5) is 0 Å². The molecule has 0 atom stereocenters. The molecular formula is C11H18N2O2S. The molecule has 90 valence electrons. The molecule has 0 aliphatic heterocycles. The molecule has 0 aromatic heterocycles. The molecule has 0 saturated carbocycles. The molecule has 0 saturated heterocycles. The summed E-state index contributed by atoms with van der Waals surface area (Å²) in [7, 11) is -3.33. The van der Waals surface area contributed by atoms with Gasteiger partial charge in [-0.2, -0.15) is 4.31 Å². The minimum Gasteiger partial charge on any atom is -0.326 e. The van der Waals surface area contributed by atoms with Crippen LogP contribution in [0.1, 0.15) is 19.4 Å². The van der Waals surface area contributed by atoms with Gasteiger partial charge >= 0.3 is 0 Å². The Labute approximate surface area is 97.1 Å². The molecule has 0 fully saturated rings. The Balaban J connectivity index is 3.07. The molecule has 1 rings (SSSR count). The highest BCUT2D eigenvalue weighted by atomic mass is 32.2. The summed E-state index contributed by atoms with van der Waals surface area (Å²) in [6.07, 6.45) is 0. The van der Waals surface area contributed by atoms with Gasteiger partial charge < -0.3 is 5.73 Å². The van der Waals surface area contributed by atoms with Crippen molar-refractivity contribution in [1.82, 2.24) is 4.31 Å². The highest BCUT2D eigenvalue weighted by Crippen LogP contribution is 2.15. The lowest BCUT2D eigenvalue weighted by atomic mass is 10.2. The summed E-state index contributed by atoms with van der Waals surface area (Å²) in [6, 6.07) is 6.71. The third kappa shape index (κ3) is 2.61. The zero-order chi connectivity index (χ0) is 12.2. The normalized spacial score (nSPS) is 12.0. The van der Waals surface area contributed by atoms with Gasteiger partial charge in [-0.1, -0.05) is 26.0 Å². The zero-order valence-corrected chi connectivity index (χ0v) is 10.5. The van der Waals surface area contributed by atoms with Crippen LogP contribution >= 0.6 is 0 Å². The third-order valence-corrected chi connectivity index (χ3v) is 4.57. The molecular weight excluding hydrogens is 224 g/mol. The minimum atomic E-state index is -3.33. The second-order valence-electron chi connectivity index (χ2n) is 3.44. The molecule has 2 N–H and O–H groups in total. The van der Waals surface area contributed by atoms with Crippen LogP contribution in [0.5, 0.6) is 0 Å². The van der Waals surface area contributed by atoms with Gasteiger partial charge in [-0.25, -0.2) is 8.42 Å². The fourth-order valence-corrected chi connectivity index (χ4v) is 2.97. The first-order valence-electron chi connectivity index (χ1n) is 5.35. The monoisotopic (exact) mass is 242 g/mol. The average Bonchev–Trinajstić information content (AvgIpc) is 2.30. The topological polar surface area (TPSA) is 63.4 Å². The lowest BCUT2D eigenvalue weighted by Gasteiger charge is -2.18. The van der Waals surface area contributed by atoms with Crippen molar-refractivity contribution in [1.29, 1.82) is 0 Å². The highest BCUT2D eigenvalue weighted by molar-refractivity contribution is 7.89. The summed E-state index contributed by atoms with van der Waals surface area (Å²) in [5, 5.41) is 0. The molecule has 0 heterocycles. The lowest BCUT2D eigenvalue weighted by Crippen LogP contribution is -2.30. The summed E-state index contributed by atoms with van der Waals surface area (Å²) in [4.78, 5) is 0.327. The van der Waals surface area contributed by atoms with Gasteiger partial charge in [-0.15, -0.1) is 0 Å². The first-order valence-corrected chi connectivity index (χ1v) is 6.79. The van der Waals surface area contributed by atoms with Crippen molar-refractivity contribution < 1.29 is 8.42 Å². The van der Waals surface area contributed by atoms with Crippen LogP contribution < -0.4 is 5.73 Å². The van der Waals surface area contributed by atoms with Gasteiger partial charge in [0.15, 0.2) is 0 Å². The van der Waals surface area contributed by atoms with E-state index >= 15 is 0 Å². The number of sulfonamides is 1. The fourth-order valence-electron chi connectivity index (χ4n) is 1.51. The van der Waals surface area contributed by atoms with E-state index in [1.54, 1.807) is 24.3 Å². The molecule has 0 aliphatic carbocycles. The Hall–Kier alpha value is -0.910. The van der Waals surface area contributed by atoms with E-state index in [9.17, 15) is 8.42 Å². The molecule has 5 heteroatoms. The Morgan fingerprint density at radius 1 is 1.12 bits per heavy atom. The van der Waals surface area contributed by atoms with E-state index in [-0.39, 0.29) is 0 Å². The Morgan fingerprint density at radius 3 is 2.00 bits per heavy atom. The molecule has 0 amide bonds. The molecule has 1 aromatic rings. The lowest BCUT2D eigenvalue weighted by molar-refractivity contribution is 0.445. The Bertz CT molecular complexity index is 422. The highest BCUT2D eigenvalue weighted by Gasteiger charge is 2.20. The van der Waals surface area contributed by atoms with E-state index in [0.29, 0.717) is 24.5 Å². The van der Waals surface area contributed by atoms with Gasteiger partial charge in [-0.3, -0.25) is 0 Å². The van der Waals surface area contributed by atoms with Crippen molar-refractivity contribution in [3.63, 3.8) is 0 Å². The number of hydrogen-bond donors (Lipinski definition) is 1. The maximum absolute atomic E-state index is 12.1. The smallest absolute Gasteiger partial charge is 0.243 e. The summed E-state index contributed by atoms with van der Waals surface area (Å²) >= 11 is 0. The van der Waals surface area contributed by atoms with E-state index in [0.717, 1.165) is 5.56 Å². The number of hydrogen-bond acceptors (Lipinski definition) is 3. The van der Waals surface area contributed by atoms with Crippen LogP contribution in [-0.4, -0.2) is 25.8 Å². The number of rotatable bonds is 5. The fraction of sp³-hybridized carbons (Fsp3) is 0.455. The molecule has 0 spiro atoms. The number of nitrogens with zero attached hydrogens (tertiary/aromatic N) is 1. The molecule has 0 aliphatic rings. The van der Waals surface area contributed by atoms with Gasteiger partial charge in [0, 0.05) is 19.6 Å². The van der Waals surface area contributed by atoms with E-state index in [2.05, 4.69) is 0 Å². The molecule has 4 nitrogen and oxygen atoms in total. The number of benzene rings is 1. The molecule has 0 radical (unpaired) electrons. The van der Waals surface area contributed by atoms with Crippen LogP contribution in [0.2, 0.25) is 0 Å². The van der Waals surface area contributed by atoms with Crippen molar-refractivity contribution in [3.8, 4) is 0 Å². The van der Waals surface area contributed by atoms with E-state index in [1.165, 1.54) is 4.31 Å². The van der Waals surface area contributed by atoms with Crippen molar-refractivity contribution in [3.05, 3.63) is 29.8 Å². The van der Waals surface area contributed by atoms with Crippen LogP contribution in [-0.2, 0) is 16.6 Å². The Kier molecular flexibility index (Phi) is 4.46. The Morgan fingerprint density at radius 2 is 1.62 bits per heavy atom. The summed E-state index contributed by atoms with van der Waals surface area (Å²) in [5.41, 5.74) is 6.39. The van der Waals surface area contributed by atoms with Gasteiger partial charge in [0.25, 0.3) is 0 Å². The number of nitrogens with two attached hydrogens (primary N) is 1. The van der Waals surface area contributed by atoms with Crippen LogP contribution in [0.15, 0.2) is 29.2 Å². The third-order valence-electron chi connectivity index (χ3n) is 2.50. The minimum absolute atomic E-state index is 0.327. The van der Waals surface area contributed by atoms with Gasteiger partial charge in [0.1, 0.15) is 0 Å². The predicted molar refractivity (Wildman–Crippen MR) is 64.4 cm³/mol. The maximum atomic E-state index is 12.1. The van der Waals surface area contributed by atoms with Crippen molar-refractivity contribution in [2.75, 3.05) is 13.1 Å². The predicted octanol–water partition coefficient (Wildman–Crippen LogP) is 1.18. The second-order valence-corrected chi connectivity index (χ2v) is 5.38. The van der Waals surface area contributed by atoms with Crippen LogP contribution in [0, 0.1) is 0 Å². The van der Waals surface area contributed by atoms with E-state index < -0.39 is 10.0 Å². The molecule has 16 heavy (non-hydrogen) atoms. The van der Waals surface area contributed by atoms with E-state index in [4.69, 9.17) is 5.73 Å². The van der Waals surface area contributed by atoms with Gasteiger partial charge in [0.05, 0.1) is 4.90 Å². The van der Waals surface area contributed by atoms with Crippen LogP contribution in [0.25, 0.3) is 0 Å². The van der Waals surface area contributed by atoms with Crippen molar-refractivity contribution in [2.24, 2.45) is 5.73 Å². The largest absolute Gasteiger partial charge is 0.326 e. The summed E-state index contributed by atoms with van der Waals surface area (Å²) < 4.78 is 25.6.